The summed E-state index contributed by atoms with van der Waals surface area (Å²) < 4.78 is 7.56. The van der Waals surface area contributed by atoms with Gasteiger partial charge in [-0.05, 0) is 29.8 Å². The molecule has 0 bridgehead atoms. The van der Waals surface area contributed by atoms with Gasteiger partial charge in [-0.25, -0.2) is 0 Å². The highest BCUT2D eigenvalue weighted by Crippen LogP contribution is 2.14. The number of hydrogen-bond donors (Lipinski definition) is 1. The summed E-state index contributed by atoms with van der Waals surface area (Å²) in [5.41, 5.74) is 1.97. The van der Waals surface area contributed by atoms with E-state index in [2.05, 4.69) is 9.84 Å². The van der Waals surface area contributed by atoms with Gasteiger partial charge in [-0.1, -0.05) is 12.1 Å². The molecule has 0 fully saturated rings. The van der Waals surface area contributed by atoms with Crippen molar-refractivity contribution in [3.8, 4) is 0 Å². The summed E-state index contributed by atoms with van der Waals surface area (Å²) in [6.45, 7) is -0.101. The van der Waals surface area contributed by atoms with Crippen LogP contribution >= 0.6 is 0 Å². The number of fused-ring (bicyclic) bond motifs is 1. The number of methoxy groups -OCH3 is 1. The maximum atomic E-state index is 11.6. The van der Waals surface area contributed by atoms with Crippen LogP contribution in [0.2, 0.25) is 0 Å². The van der Waals surface area contributed by atoms with Crippen molar-refractivity contribution in [2.45, 2.75) is 6.54 Å². The van der Waals surface area contributed by atoms with Gasteiger partial charge in [0.05, 0.1) is 29.3 Å². The predicted octanol–water partition coefficient (Wildman–Crippen LogP) is 1.89. The molecule has 0 saturated heterocycles. The predicted molar refractivity (Wildman–Crippen MR) is 93.9 cm³/mol. The third kappa shape index (κ3) is 3.22. The SMILES string of the molecule is COC(=O)Cn1c(=N)n(/N=C\c2ccc([N+](=O)[O-])cc2)c2ccccc21. The molecular weight excluding hydrogens is 338 g/mol. The van der Waals surface area contributed by atoms with Crippen molar-refractivity contribution in [2.24, 2.45) is 5.10 Å². The first-order valence-electron chi connectivity index (χ1n) is 7.62. The molecule has 0 saturated carbocycles. The Bertz CT molecular complexity index is 1060. The lowest BCUT2D eigenvalue weighted by molar-refractivity contribution is -0.384. The van der Waals surface area contributed by atoms with Crippen LogP contribution in [0.1, 0.15) is 5.56 Å². The van der Waals surface area contributed by atoms with Crippen molar-refractivity contribution in [3.63, 3.8) is 0 Å². The van der Waals surface area contributed by atoms with Crippen LogP contribution in [-0.4, -0.2) is 33.5 Å². The molecule has 132 valence electrons. The number of aromatic nitrogens is 2. The zero-order valence-corrected chi connectivity index (χ0v) is 13.8. The minimum Gasteiger partial charge on any atom is -0.468 e. The fraction of sp³-hybridized carbons (Fsp3) is 0.118. The van der Waals surface area contributed by atoms with Crippen molar-refractivity contribution in [3.05, 3.63) is 69.8 Å². The van der Waals surface area contributed by atoms with Crippen LogP contribution in [0.25, 0.3) is 11.0 Å². The van der Waals surface area contributed by atoms with Crippen LogP contribution in [0.15, 0.2) is 53.6 Å². The summed E-state index contributed by atoms with van der Waals surface area (Å²) in [5.74, 6) is -0.467. The smallest absolute Gasteiger partial charge is 0.325 e. The Hall–Kier alpha value is -3.75. The molecule has 1 N–H and O–H groups in total. The monoisotopic (exact) mass is 353 g/mol. The molecule has 3 rings (SSSR count). The maximum absolute atomic E-state index is 11.6. The van der Waals surface area contributed by atoms with Crippen LogP contribution in [0.5, 0.6) is 0 Å². The molecule has 0 radical (unpaired) electrons. The normalized spacial score (nSPS) is 11.1. The second-order valence-corrected chi connectivity index (χ2v) is 5.38. The molecule has 0 amide bonds. The molecule has 0 spiro atoms. The van der Waals surface area contributed by atoms with Gasteiger partial charge in [-0.15, -0.1) is 0 Å². The van der Waals surface area contributed by atoms with Crippen molar-refractivity contribution >= 4 is 28.9 Å². The van der Waals surface area contributed by atoms with Crippen LogP contribution in [0, 0.1) is 15.5 Å². The highest BCUT2D eigenvalue weighted by molar-refractivity contribution is 5.82. The van der Waals surface area contributed by atoms with E-state index in [1.165, 1.54) is 34.7 Å². The molecule has 1 heterocycles. The number of non-ortho nitro benzene ring substituents is 1. The van der Waals surface area contributed by atoms with Gasteiger partial charge >= 0.3 is 5.97 Å². The third-order valence-corrected chi connectivity index (χ3v) is 3.80. The summed E-state index contributed by atoms with van der Waals surface area (Å²) in [6, 6.07) is 13.1. The van der Waals surface area contributed by atoms with Crippen LogP contribution in [-0.2, 0) is 16.1 Å². The Morgan fingerprint density at radius 2 is 1.88 bits per heavy atom. The molecule has 0 aliphatic heterocycles. The molecule has 0 unspecified atom stereocenters. The number of carbonyl (C=O) groups is 1. The summed E-state index contributed by atoms with van der Waals surface area (Å²) in [7, 11) is 1.29. The van der Waals surface area contributed by atoms with E-state index < -0.39 is 10.9 Å². The van der Waals surface area contributed by atoms with Crippen LogP contribution < -0.4 is 5.62 Å². The van der Waals surface area contributed by atoms with E-state index in [1.807, 2.05) is 6.07 Å². The van der Waals surface area contributed by atoms with Gasteiger partial charge in [0.25, 0.3) is 5.69 Å². The first-order chi connectivity index (χ1) is 12.5. The Labute approximate surface area is 147 Å². The molecular formula is C17H15N5O4. The number of esters is 1. The van der Waals surface area contributed by atoms with Gasteiger partial charge in [0.1, 0.15) is 6.54 Å². The van der Waals surface area contributed by atoms with Gasteiger partial charge in [-0.3, -0.25) is 24.9 Å². The van der Waals surface area contributed by atoms with Crippen LogP contribution in [0.3, 0.4) is 0 Å². The first-order valence-corrected chi connectivity index (χ1v) is 7.62. The molecule has 1 aromatic heterocycles. The number of para-hydroxylation sites is 2. The molecule has 3 aromatic rings. The second kappa shape index (κ2) is 7.01. The van der Waals surface area contributed by atoms with E-state index >= 15 is 0 Å². The fourth-order valence-corrected chi connectivity index (χ4v) is 2.49. The quantitative estimate of drug-likeness (QED) is 0.326. The molecule has 0 atom stereocenters. The molecule has 26 heavy (non-hydrogen) atoms. The minimum absolute atomic E-state index is 0.00864. The second-order valence-electron chi connectivity index (χ2n) is 5.38. The Balaban J connectivity index is 2.02. The number of nitrogens with zero attached hydrogens (tertiary/aromatic N) is 4. The number of rotatable bonds is 5. The van der Waals surface area contributed by atoms with E-state index in [0.29, 0.717) is 16.6 Å². The Morgan fingerprint density at radius 3 is 2.50 bits per heavy atom. The number of ether oxygens (including phenoxy) is 1. The van der Waals surface area contributed by atoms with Crippen molar-refractivity contribution in [1.29, 1.82) is 5.41 Å². The largest absolute Gasteiger partial charge is 0.468 e. The minimum atomic E-state index is -0.474. The average molecular weight is 353 g/mol. The lowest BCUT2D eigenvalue weighted by Crippen LogP contribution is -2.26. The summed E-state index contributed by atoms with van der Waals surface area (Å²) in [6.07, 6.45) is 1.50. The molecule has 9 heteroatoms. The number of nitro groups is 1. The van der Waals surface area contributed by atoms with E-state index in [0.717, 1.165) is 0 Å². The highest BCUT2D eigenvalue weighted by atomic mass is 16.6. The summed E-state index contributed by atoms with van der Waals surface area (Å²) >= 11 is 0. The molecule has 9 nitrogen and oxygen atoms in total. The van der Waals surface area contributed by atoms with Crippen molar-refractivity contribution < 1.29 is 14.5 Å². The Morgan fingerprint density at radius 1 is 1.23 bits per heavy atom. The van der Waals surface area contributed by atoms with E-state index in [4.69, 9.17) is 5.41 Å². The lowest BCUT2D eigenvalue weighted by atomic mass is 10.2. The van der Waals surface area contributed by atoms with E-state index in [1.54, 1.807) is 30.3 Å². The zero-order chi connectivity index (χ0) is 18.7. The summed E-state index contributed by atoms with van der Waals surface area (Å²) in [5, 5.41) is 23.3. The van der Waals surface area contributed by atoms with Gasteiger partial charge in [0, 0.05) is 12.1 Å². The number of nitro benzene ring substituents is 1. The van der Waals surface area contributed by atoms with Gasteiger partial charge in [-0.2, -0.15) is 9.78 Å². The van der Waals surface area contributed by atoms with E-state index in [9.17, 15) is 14.9 Å². The Kier molecular flexibility index (Phi) is 4.61. The highest BCUT2D eigenvalue weighted by Gasteiger charge is 2.13. The number of carbonyl (C=O) groups excluding carboxylic acids is 1. The molecule has 0 aliphatic rings. The summed E-state index contributed by atoms with van der Waals surface area (Å²) in [4.78, 5) is 21.9. The van der Waals surface area contributed by atoms with Crippen LogP contribution in [0.4, 0.5) is 5.69 Å². The number of hydrogen-bond acceptors (Lipinski definition) is 6. The van der Waals surface area contributed by atoms with Crippen molar-refractivity contribution in [2.75, 3.05) is 7.11 Å². The first kappa shape index (κ1) is 17.1. The van der Waals surface area contributed by atoms with Crippen molar-refractivity contribution in [1.82, 2.24) is 9.24 Å². The standard InChI is InChI=1S/C17H15N5O4/c1-26-16(23)11-20-14-4-2-3-5-15(14)21(17(20)18)19-10-12-6-8-13(9-7-12)22(24)25/h2-10,18H,11H2,1H3/b18-17?,19-10-. The third-order valence-electron chi connectivity index (χ3n) is 3.80. The fourth-order valence-electron chi connectivity index (χ4n) is 2.49. The lowest BCUT2D eigenvalue weighted by Gasteiger charge is -2.01. The molecule has 0 aliphatic carbocycles. The van der Waals surface area contributed by atoms with E-state index in [-0.39, 0.29) is 17.9 Å². The topological polar surface area (TPSA) is 116 Å². The number of benzene rings is 2. The molecule has 2 aromatic carbocycles. The zero-order valence-electron chi connectivity index (χ0n) is 13.8. The maximum Gasteiger partial charge on any atom is 0.325 e. The van der Waals surface area contributed by atoms with Gasteiger partial charge < -0.3 is 4.74 Å². The number of imidazole rings is 1. The average Bonchev–Trinajstić information content (AvgIpc) is 2.92. The number of nitrogens with one attached hydrogen (secondary N) is 1. The van der Waals surface area contributed by atoms with Gasteiger partial charge in [0.2, 0.25) is 5.62 Å². The van der Waals surface area contributed by atoms with Gasteiger partial charge in [0.15, 0.2) is 0 Å².